The molecule has 0 saturated carbocycles. The molecule has 2 heterocycles. The van der Waals surface area contributed by atoms with Crippen LogP contribution in [0.1, 0.15) is 25.1 Å². The van der Waals surface area contributed by atoms with Crippen molar-refractivity contribution < 1.29 is 4.39 Å². The van der Waals surface area contributed by atoms with Crippen LogP contribution in [0.5, 0.6) is 0 Å². The molecule has 1 aliphatic heterocycles. The highest BCUT2D eigenvalue weighted by Gasteiger charge is 2.12. The van der Waals surface area contributed by atoms with Gasteiger partial charge in [0.15, 0.2) is 0 Å². The minimum atomic E-state index is -0.217. The molecule has 1 N–H and O–H groups in total. The van der Waals surface area contributed by atoms with Crippen LogP contribution in [0.25, 0.3) is 11.0 Å². The van der Waals surface area contributed by atoms with Crippen molar-refractivity contribution in [1.82, 2.24) is 14.9 Å². The molecule has 0 bridgehead atoms. The van der Waals surface area contributed by atoms with E-state index < -0.39 is 0 Å². The molecule has 4 heteroatoms. The van der Waals surface area contributed by atoms with Gasteiger partial charge in [0.1, 0.15) is 11.6 Å². The number of aromatic nitrogens is 2. The maximum atomic E-state index is 13.0. The molecular formula is C13H16FN3. The molecule has 0 spiro atoms. The molecule has 0 radical (unpaired) electrons. The highest BCUT2D eigenvalue weighted by atomic mass is 19.1. The van der Waals surface area contributed by atoms with Crippen molar-refractivity contribution in [3.05, 3.63) is 29.8 Å². The predicted octanol–water partition coefficient (Wildman–Crippen LogP) is 2.69. The second-order valence-corrected chi connectivity index (χ2v) is 4.68. The minimum absolute atomic E-state index is 0.217. The number of nitrogens with one attached hydrogen (secondary N) is 1. The summed E-state index contributed by atoms with van der Waals surface area (Å²) in [7, 11) is 0. The summed E-state index contributed by atoms with van der Waals surface area (Å²) in [5.74, 6) is 0.721. The molecular weight excluding hydrogens is 217 g/mol. The lowest BCUT2D eigenvalue weighted by Gasteiger charge is -2.25. The van der Waals surface area contributed by atoms with E-state index in [0.29, 0.717) is 0 Å². The number of fused-ring (bicyclic) bond motifs is 1. The number of H-pyrrole nitrogens is 1. The zero-order chi connectivity index (χ0) is 11.7. The number of piperidine rings is 1. The summed E-state index contributed by atoms with van der Waals surface area (Å²) in [5.41, 5.74) is 1.63. The van der Waals surface area contributed by atoms with Crippen LogP contribution in [0.15, 0.2) is 18.2 Å². The molecule has 0 atom stereocenters. The molecule has 1 saturated heterocycles. The van der Waals surface area contributed by atoms with Gasteiger partial charge in [0.2, 0.25) is 0 Å². The zero-order valence-electron chi connectivity index (χ0n) is 9.75. The Balaban J connectivity index is 1.80. The second kappa shape index (κ2) is 4.45. The standard InChI is InChI=1S/C13H16FN3/c14-10-4-5-11-12(8-10)16-13(15-11)9-17-6-2-1-3-7-17/h4-5,8H,1-3,6-7,9H2,(H,15,16). The van der Waals surface area contributed by atoms with Gasteiger partial charge in [-0.3, -0.25) is 4.90 Å². The summed E-state index contributed by atoms with van der Waals surface area (Å²) in [5, 5.41) is 0. The molecule has 3 nitrogen and oxygen atoms in total. The number of halogens is 1. The van der Waals surface area contributed by atoms with Crippen LogP contribution in [0.3, 0.4) is 0 Å². The van der Waals surface area contributed by atoms with E-state index in [1.807, 2.05) is 0 Å². The summed E-state index contributed by atoms with van der Waals surface area (Å²) in [4.78, 5) is 10.1. The van der Waals surface area contributed by atoms with Gasteiger partial charge in [-0.25, -0.2) is 9.37 Å². The predicted molar refractivity (Wildman–Crippen MR) is 65.2 cm³/mol. The van der Waals surface area contributed by atoms with Crippen LogP contribution in [0, 0.1) is 5.82 Å². The van der Waals surface area contributed by atoms with E-state index >= 15 is 0 Å². The lowest BCUT2D eigenvalue weighted by atomic mass is 10.1. The quantitative estimate of drug-likeness (QED) is 0.864. The summed E-state index contributed by atoms with van der Waals surface area (Å²) in [6.45, 7) is 3.13. The Bertz CT molecular complexity index is 514. The fraction of sp³-hybridized carbons (Fsp3) is 0.462. The maximum Gasteiger partial charge on any atom is 0.125 e. The normalized spacial score (nSPS) is 17.7. The molecule has 1 aliphatic rings. The molecule has 3 rings (SSSR count). The topological polar surface area (TPSA) is 31.9 Å². The number of aromatic amines is 1. The van der Waals surface area contributed by atoms with Gasteiger partial charge in [-0.2, -0.15) is 0 Å². The highest BCUT2D eigenvalue weighted by molar-refractivity contribution is 5.74. The average molecular weight is 233 g/mol. The Labute approximate surface area is 99.7 Å². The van der Waals surface area contributed by atoms with Crippen LogP contribution in [-0.2, 0) is 6.54 Å². The second-order valence-electron chi connectivity index (χ2n) is 4.68. The van der Waals surface area contributed by atoms with Crippen molar-refractivity contribution in [3.63, 3.8) is 0 Å². The summed E-state index contributed by atoms with van der Waals surface area (Å²) in [6.07, 6.45) is 3.88. The fourth-order valence-corrected chi connectivity index (χ4v) is 2.44. The van der Waals surface area contributed by atoms with Crippen molar-refractivity contribution in [2.45, 2.75) is 25.8 Å². The summed E-state index contributed by atoms with van der Waals surface area (Å²) in [6, 6.07) is 4.68. The van der Waals surface area contributed by atoms with Gasteiger partial charge in [0.05, 0.1) is 17.6 Å². The first-order chi connectivity index (χ1) is 8.31. The third-order valence-electron chi connectivity index (χ3n) is 3.32. The van der Waals surface area contributed by atoms with Crippen molar-refractivity contribution in [2.75, 3.05) is 13.1 Å². The van der Waals surface area contributed by atoms with Crippen molar-refractivity contribution in [2.24, 2.45) is 0 Å². The lowest BCUT2D eigenvalue weighted by molar-refractivity contribution is 0.216. The number of imidazole rings is 1. The first-order valence-electron chi connectivity index (χ1n) is 6.18. The van der Waals surface area contributed by atoms with Crippen molar-refractivity contribution >= 4 is 11.0 Å². The van der Waals surface area contributed by atoms with Gasteiger partial charge in [0, 0.05) is 0 Å². The van der Waals surface area contributed by atoms with Crippen LogP contribution < -0.4 is 0 Å². The molecule has 0 amide bonds. The first kappa shape index (κ1) is 10.7. The maximum absolute atomic E-state index is 13.0. The first-order valence-corrected chi connectivity index (χ1v) is 6.18. The van der Waals surface area contributed by atoms with Gasteiger partial charge in [-0.15, -0.1) is 0 Å². The van der Waals surface area contributed by atoms with Crippen LogP contribution in [0.2, 0.25) is 0 Å². The van der Waals surface area contributed by atoms with Gasteiger partial charge in [0.25, 0.3) is 0 Å². The van der Waals surface area contributed by atoms with Crippen LogP contribution in [-0.4, -0.2) is 28.0 Å². The van der Waals surface area contributed by atoms with E-state index in [1.54, 1.807) is 6.07 Å². The van der Waals surface area contributed by atoms with E-state index in [4.69, 9.17) is 0 Å². The molecule has 17 heavy (non-hydrogen) atoms. The monoisotopic (exact) mass is 233 g/mol. The summed E-state index contributed by atoms with van der Waals surface area (Å²) < 4.78 is 13.0. The number of hydrogen-bond acceptors (Lipinski definition) is 2. The van der Waals surface area contributed by atoms with Gasteiger partial charge >= 0.3 is 0 Å². The Morgan fingerprint density at radius 1 is 1.24 bits per heavy atom. The van der Waals surface area contributed by atoms with Gasteiger partial charge < -0.3 is 4.98 Å². The van der Waals surface area contributed by atoms with Gasteiger partial charge in [-0.05, 0) is 44.1 Å². The number of benzene rings is 1. The van der Waals surface area contributed by atoms with Crippen LogP contribution >= 0.6 is 0 Å². The summed E-state index contributed by atoms with van der Waals surface area (Å²) >= 11 is 0. The Morgan fingerprint density at radius 2 is 2.06 bits per heavy atom. The highest BCUT2D eigenvalue weighted by Crippen LogP contribution is 2.16. The molecule has 1 aromatic carbocycles. The van der Waals surface area contributed by atoms with E-state index in [1.165, 1.54) is 31.4 Å². The molecule has 0 unspecified atom stereocenters. The Hall–Kier alpha value is -1.42. The number of likely N-dealkylation sites (tertiary alicyclic amines) is 1. The van der Waals surface area contributed by atoms with E-state index in [2.05, 4.69) is 14.9 Å². The third-order valence-corrected chi connectivity index (χ3v) is 3.32. The largest absolute Gasteiger partial charge is 0.341 e. The minimum Gasteiger partial charge on any atom is -0.341 e. The number of hydrogen-bond donors (Lipinski definition) is 1. The molecule has 0 aliphatic carbocycles. The van der Waals surface area contributed by atoms with Crippen LogP contribution in [0.4, 0.5) is 4.39 Å². The van der Waals surface area contributed by atoms with Crippen molar-refractivity contribution in [1.29, 1.82) is 0 Å². The Morgan fingerprint density at radius 3 is 2.88 bits per heavy atom. The third kappa shape index (κ3) is 2.31. The average Bonchev–Trinajstić information content (AvgIpc) is 2.71. The SMILES string of the molecule is Fc1ccc2nc(CN3CCCCC3)[nH]c2c1. The number of nitrogens with zero attached hydrogens (tertiary/aromatic N) is 2. The van der Waals surface area contributed by atoms with E-state index in [-0.39, 0.29) is 5.82 Å². The number of rotatable bonds is 2. The molecule has 1 fully saturated rings. The lowest BCUT2D eigenvalue weighted by Crippen LogP contribution is -2.29. The fourth-order valence-electron chi connectivity index (χ4n) is 2.44. The van der Waals surface area contributed by atoms with E-state index in [0.717, 1.165) is 36.5 Å². The van der Waals surface area contributed by atoms with E-state index in [9.17, 15) is 4.39 Å². The Kier molecular flexibility index (Phi) is 2.81. The zero-order valence-corrected chi connectivity index (χ0v) is 9.75. The molecule has 1 aromatic heterocycles. The molecule has 90 valence electrons. The molecule has 2 aromatic rings. The van der Waals surface area contributed by atoms with Gasteiger partial charge in [-0.1, -0.05) is 6.42 Å². The van der Waals surface area contributed by atoms with Crippen molar-refractivity contribution in [3.8, 4) is 0 Å². The smallest absolute Gasteiger partial charge is 0.125 e.